The number of methoxy groups -OCH3 is 4. The molecule has 0 unspecified atom stereocenters. The average Bonchev–Trinajstić information content (AvgIpc) is 3.15. The van der Waals surface area contributed by atoms with Gasteiger partial charge in [-0.15, -0.1) is 0 Å². The molecule has 4 aromatic rings. The molecule has 1 aliphatic heterocycles. The Morgan fingerprint density at radius 2 is 1.00 bits per heavy atom. The van der Waals surface area contributed by atoms with Gasteiger partial charge in [0.1, 0.15) is 11.5 Å². The van der Waals surface area contributed by atoms with Crippen LogP contribution < -0.4 is 18.9 Å². The molecule has 0 atom stereocenters. The Morgan fingerprint density at radius 1 is 0.600 bits per heavy atom. The van der Waals surface area contributed by atoms with E-state index in [4.69, 9.17) is 18.9 Å². The van der Waals surface area contributed by atoms with Crippen molar-refractivity contribution < 1.29 is 38.7 Å². The first-order chi connectivity index (χ1) is 24.2. The van der Waals surface area contributed by atoms with Crippen molar-refractivity contribution in [1.82, 2.24) is 9.80 Å². The molecule has 0 saturated carbocycles. The van der Waals surface area contributed by atoms with E-state index in [0.717, 1.165) is 11.1 Å². The third kappa shape index (κ3) is 8.90. The van der Waals surface area contributed by atoms with Gasteiger partial charge in [-0.3, -0.25) is 19.4 Å². The second-order valence-corrected chi connectivity index (χ2v) is 11.9. The summed E-state index contributed by atoms with van der Waals surface area (Å²) in [6.45, 7) is 3.54. The molecule has 4 aromatic carbocycles. The summed E-state index contributed by atoms with van der Waals surface area (Å²) in [6, 6.07) is 21.3. The van der Waals surface area contributed by atoms with Gasteiger partial charge in [-0.05, 0) is 71.8 Å². The van der Waals surface area contributed by atoms with Crippen molar-refractivity contribution in [3.8, 4) is 34.5 Å². The minimum Gasteiger partial charge on any atom is -0.504 e. The van der Waals surface area contributed by atoms with E-state index in [2.05, 4.69) is 9.80 Å². The Bertz CT molecular complexity index is 1760. The quantitative estimate of drug-likeness (QED) is 0.117. The highest BCUT2D eigenvalue weighted by Gasteiger charge is 2.23. The highest BCUT2D eigenvalue weighted by molar-refractivity contribution is 6.08. The van der Waals surface area contributed by atoms with Crippen LogP contribution in [0.3, 0.4) is 0 Å². The van der Waals surface area contributed by atoms with E-state index in [9.17, 15) is 19.8 Å². The fraction of sp³-hybridized carbons (Fsp3) is 0.250. The Labute approximate surface area is 292 Å². The monoisotopic (exact) mass is 678 g/mol. The molecule has 0 amide bonds. The van der Waals surface area contributed by atoms with Crippen LogP contribution in [0.4, 0.5) is 0 Å². The summed E-state index contributed by atoms with van der Waals surface area (Å²) in [4.78, 5) is 30.7. The molecule has 1 aliphatic rings. The van der Waals surface area contributed by atoms with Crippen LogP contribution >= 0.6 is 0 Å². The molecule has 0 bridgehead atoms. The third-order valence-electron chi connectivity index (χ3n) is 8.61. The number of ether oxygens (including phenoxy) is 4. The number of benzene rings is 4. The average molecular weight is 679 g/mol. The summed E-state index contributed by atoms with van der Waals surface area (Å²) in [6.07, 6.45) is 6.43. The molecular formula is C40H42N2O8. The second-order valence-electron chi connectivity index (χ2n) is 11.9. The molecule has 50 heavy (non-hydrogen) atoms. The number of carbonyl (C=O) groups is 2. The number of carbonyl (C=O) groups excluding carboxylic acids is 2. The zero-order valence-corrected chi connectivity index (χ0v) is 28.7. The molecule has 0 radical (unpaired) electrons. The Hall–Kier alpha value is -5.58. The van der Waals surface area contributed by atoms with Gasteiger partial charge in [0.25, 0.3) is 0 Å². The molecular weight excluding hydrogens is 636 g/mol. The minimum absolute atomic E-state index is 0.00204. The Morgan fingerprint density at radius 3 is 1.36 bits per heavy atom. The van der Waals surface area contributed by atoms with Crippen molar-refractivity contribution in [3.05, 3.63) is 118 Å². The number of nitrogens with zero attached hydrogens (tertiary/aromatic N) is 2. The van der Waals surface area contributed by atoms with E-state index in [1.165, 1.54) is 26.4 Å². The lowest BCUT2D eigenvalue weighted by Gasteiger charge is -2.35. The topological polar surface area (TPSA) is 118 Å². The summed E-state index contributed by atoms with van der Waals surface area (Å²) >= 11 is 0. The maximum atomic E-state index is 13.1. The summed E-state index contributed by atoms with van der Waals surface area (Å²) < 4.78 is 21.3. The van der Waals surface area contributed by atoms with Crippen LogP contribution in [0.25, 0.3) is 12.2 Å². The van der Waals surface area contributed by atoms with Crippen LogP contribution in [0.1, 0.15) is 43.0 Å². The van der Waals surface area contributed by atoms with E-state index < -0.39 is 0 Å². The van der Waals surface area contributed by atoms with Crippen LogP contribution in [0.5, 0.6) is 34.5 Å². The van der Waals surface area contributed by atoms with Gasteiger partial charge < -0.3 is 29.2 Å². The van der Waals surface area contributed by atoms with Crippen LogP contribution in [0.15, 0.2) is 84.9 Å². The number of piperazine rings is 1. The predicted molar refractivity (Wildman–Crippen MR) is 193 cm³/mol. The number of phenolic OH excluding ortho intramolecular Hbond substituents is 2. The summed E-state index contributed by atoms with van der Waals surface area (Å²) in [5, 5.41) is 21.9. The van der Waals surface area contributed by atoms with Gasteiger partial charge >= 0.3 is 0 Å². The van der Waals surface area contributed by atoms with E-state index in [-0.39, 0.29) is 34.6 Å². The fourth-order valence-corrected chi connectivity index (χ4v) is 5.78. The van der Waals surface area contributed by atoms with Crippen molar-refractivity contribution >= 4 is 23.7 Å². The van der Waals surface area contributed by atoms with Crippen molar-refractivity contribution in [2.24, 2.45) is 0 Å². The van der Waals surface area contributed by atoms with Crippen molar-refractivity contribution in [3.63, 3.8) is 0 Å². The molecule has 2 N–H and O–H groups in total. The number of rotatable bonds is 14. The number of phenols is 2. The second kappa shape index (κ2) is 16.7. The van der Waals surface area contributed by atoms with Crippen molar-refractivity contribution in [2.45, 2.75) is 13.1 Å². The molecule has 0 spiro atoms. The van der Waals surface area contributed by atoms with E-state index in [1.54, 1.807) is 50.6 Å². The SMILES string of the molecule is COc1cccc(/C=C/C(=O)c2cc(CN3CCN(Cc4cc(C(=O)/C=C/c5cccc(OC)c5)cc(OC)c4O)CC3)c(O)c(OC)c2)c1. The van der Waals surface area contributed by atoms with Gasteiger partial charge in [0.15, 0.2) is 34.6 Å². The number of ketones is 2. The molecule has 1 heterocycles. The summed E-state index contributed by atoms with van der Waals surface area (Å²) in [7, 11) is 6.10. The van der Waals surface area contributed by atoms with Gasteiger partial charge in [-0.2, -0.15) is 0 Å². The lowest BCUT2D eigenvalue weighted by molar-refractivity contribution is 0.103. The molecule has 1 fully saturated rings. The lowest BCUT2D eigenvalue weighted by Crippen LogP contribution is -2.45. The first-order valence-corrected chi connectivity index (χ1v) is 16.2. The predicted octanol–water partition coefficient (Wildman–Crippen LogP) is 6.24. The van der Waals surface area contributed by atoms with Crippen molar-refractivity contribution in [2.75, 3.05) is 54.6 Å². The summed E-state index contributed by atoms with van der Waals surface area (Å²) in [5.41, 5.74) is 3.65. The molecule has 0 aromatic heterocycles. The Balaban J connectivity index is 1.24. The van der Waals surface area contributed by atoms with Gasteiger partial charge in [0, 0.05) is 61.5 Å². The highest BCUT2D eigenvalue weighted by atomic mass is 16.5. The third-order valence-corrected chi connectivity index (χ3v) is 8.61. The maximum Gasteiger partial charge on any atom is 0.186 e. The van der Waals surface area contributed by atoms with Crippen molar-refractivity contribution in [1.29, 1.82) is 0 Å². The van der Waals surface area contributed by atoms with Crippen LogP contribution in [-0.2, 0) is 13.1 Å². The summed E-state index contributed by atoms with van der Waals surface area (Å²) in [5.74, 6) is 1.43. The lowest BCUT2D eigenvalue weighted by atomic mass is 10.0. The standard InChI is InChI=1S/C40H42N2O8/c1-47-33-9-5-7-27(19-33)11-13-35(43)29-21-31(39(45)37(23-29)49-3)25-41-15-17-42(18-16-41)26-32-22-30(24-38(50-4)40(32)46)36(44)14-12-28-8-6-10-34(20-28)48-2/h5-14,19-24,45-46H,15-18,25-26H2,1-4H3/b13-11+,14-12+. The van der Waals surface area contributed by atoms with Gasteiger partial charge in [0.2, 0.25) is 0 Å². The minimum atomic E-state index is -0.219. The number of hydrogen-bond donors (Lipinski definition) is 2. The molecule has 0 aliphatic carbocycles. The Kier molecular flexibility index (Phi) is 11.9. The number of allylic oxidation sites excluding steroid dienone is 2. The van der Waals surface area contributed by atoms with Gasteiger partial charge in [-0.25, -0.2) is 0 Å². The zero-order valence-electron chi connectivity index (χ0n) is 28.7. The van der Waals surface area contributed by atoms with E-state index >= 15 is 0 Å². The van der Waals surface area contributed by atoms with E-state index in [1.807, 2.05) is 48.5 Å². The van der Waals surface area contributed by atoms with Gasteiger partial charge in [-0.1, -0.05) is 36.4 Å². The highest BCUT2D eigenvalue weighted by Crippen LogP contribution is 2.35. The van der Waals surface area contributed by atoms with E-state index in [0.29, 0.717) is 73.0 Å². The molecule has 260 valence electrons. The largest absolute Gasteiger partial charge is 0.504 e. The first kappa shape index (κ1) is 35.7. The fourth-order valence-electron chi connectivity index (χ4n) is 5.78. The number of hydrogen-bond acceptors (Lipinski definition) is 10. The zero-order chi connectivity index (χ0) is 35.6. The molecule has 1 saturated heterocycles. The smallest absolute Gasteiger partial charge is 0.186 e. The van der Waals surface area contributed by atoms with Crippen LogP contribution in [0.2, 0.25) is 0 Å². The maximum absolute atomic E-state index is 13.1. The normalized spacial score (nSPS) is 13.8. The molecule has 10 nitrogen and oxygen atoms in total. The molecule has 10 heteroatoms. The van der Waals surface area contributed by atoms with Gasteiger partial charge in [0.05, 0.1) is 28.4 Å². The first-order valence-electron chi connectivity index (χ1n) is 16.2. The van der Waals surface area contributed by atoms with Crippen LogP contribution in [-0.4, -0.2) is 86.2 Å². The van der Waals surface area contributed by atoms with Crippen LogP contribution in [0, 0.1) is 0 Å². The molecule has 5 rings (SSSR count). The number of aromatic hydroxyl groups is 2.